The number of aromatic nitrogens is 1. The van der Waals surface area contributed by atoms with E-state index in [0.717, 1.165) is 11.1 Å². The van der Waals surface area contributed by atoms with Crippen LogP contribution in [0.4, 0.5) is 0 Å². The van der Waals surface area contributed by atoms with E-state index in [4.69, 9.17) is 10.1 Å². The van der Waals surface area contributed by atoms with Crippen molar-refractivity contribution in [3.8, 4) is 0 Å². The van der Waals surface area contributed by atoms with E-state index in [1.165, 1.54) is 7.41 Å². The number of nitrogens with two attached hydrogens (primary N) is 1. The standard InChI is InChI=1S/C7H6BN2O/c9-8-7-10-5-3-1-2-4-6(5)11-7/h1-4H,9H2. The SMILES string of the molecule is N[B]c1nc2ccccc2o1. The molecule has 11 heavy (non-hydrogen) atoms. The van der Waals surface area contributed by atoms with Gasteiger partial charge in [-0.1, -0.05) is 12.1 Å². The van der Waals surface area contributed by atoms with Crippen molar-refractivity contribution in [1.82, 2.24) is 4.98 Å². The Morgan fingerprint density at radius 2 is 2.18 bits per heavy atom. The molecule has 2 N–H and O–H groups in total. The number of benzene rings is 1. The van der Waals surface area contributed by atoms with Crippen molar-refractivity contribution in [3.05, 3.63) is 24.3 Å². The highest BCUT2D eigenvalue weighted by atomic mass is 16.3. The van der Waals surface area contributed by atoms with E-state index in [9.17, 15) is 0 Å². The summed E-state index contributed by atoms with van der Waals surface area (Å²) in [6.07, 6.45) is 0. The second-order valence-electron chi connectivity index (χ2n) is 2.19. The van der Waals surface area contributed by atoms with E-state index in [2.05, 4.69) is 4.98 Å². The van der Waals surface area contributed by atoms with Gasteiger partial charge in [0.05, 0.1) is 0 Å². The molecule has 53 valence electrons. The third-order valence-electron chi connectivity index (χ3n) is 1.45. The summed E-state index contributed by atoms with van der Waals surface area (Å²) in [6.45, 7) is 0. The average Bonchev–Trinajstić information content (AvgIpc) is 2.46. The summed E-state index contributed by atoms with van der Waals surface area (Å²) in [4.78, 5) is 4.08. The lowest BCUT2D eigenvalue weighted by Crippen LogP contribution is -2.23. The molecule has 1 heterocycles. The minimum atomic E-state index is 0.464. The van der Waals surface area contributed by atoms with Crippen molar-refractivity contribution < 1.29 is 4.42 Å². The predicted octanol–water partition coefficient (Wildman–Crippen LogP) is 0.0310. The molecule has 4 heteroatoms. The zero-order chi connectivity index (χ0) is 7.68. The second kappa shape index (κ2) is 2.40. The number of hydrogen-bond donors (Lipinski definition) is 1. The van der Waals surface area contributed by atoms with Crippen molar-refractivity contribution in [2.45, 2.75) is 0 Å². The fourth-order valence-electron chi connectivity index (χ4n) is 0.961. The van der Waals surface area contributed by atoms with E-state index < -0.39 is 0 Å². The van der Waals surface area contributed by atoms with Crippen molar-refractivity contribution in [2.75, 3.05) is 0 Å². The van der Waals surface area contributed by atoms with Crippen molar-refractivity contribution in [2.24, 2.45) is 5.64 Å². The van der Waals surface area contributed by atoms with Crippen LogP contribution >= 0.6 is 0 Å². The smallest absolute Gasteiger partial charge is 0.319 e. The molecule has 0 bridgehead atoms. The van der Waals surface area contributed by atoms with Gasteiger partial charge in [-0.15, -0.1) is 0 Å². The summed E-state index contributed by atoms with van der Waals surface area (Å²) in [7, 11) is 1.35. The average molecular weight is 145 g/mol. The highest BCUT2D eigenvalue weighted by Gasteiger charge is 2.01. The van der Waals surface area contributed by atoms with Crippen LogP contribution in [-0.4, -0.2) is 12.4 Å². The van der Waals surface area contributed by atoms with Crippen LogP contribution in [0.2, 0.25) is 0 Å². The van der Waals surface area contributed by atoms with Gasteiger partial charge in [0.15, 0.2) is 11.4 Å². The Hall–Kier alpha value is -1.29. The van der Waals surface area contributed by atoms with Gasteiger partial charge in [-0.2, -0.15) is 0 Å². The molecule has 0 aliphatic heterocycles. The maximum absolute atomic E-state index is 5.23. The Morgan fingerprint density at radius 1 is 1.36 bits per heavy atom. The Bertz CT molecular complexity index is 338. The summed E-state index contributed by atoms with van der Waals surface area (Å²) in [5.74, 6) is 0.464. The lowest BCUT2D eigenvalue weighted by molar-refractivity contribution is 0.642. The number of para-hydroxylation sites is 2. The van der Waals surface area contributed by atoms with Gasteiger partial charge in [0.25, 0.3) is 0 Å². The van der Waals surface area contributed by atoms with Crippen molar-refractivity contribution in [1.29, 1.82) is 0 Å². The molecular weight excluding hydrogens is 139 g/mol. The number of nitrogens with zero attached hydrogens (tertiary/aromatic N) is 1. The molecule has 0 amide bonds. The summed E-state index contributed by atoms with van der Waals surface area (Å²) in [5, 5.41) is 0. The third kappa shape index (κ3) is 1.01. The first kappa shape index (κ1) is 6.43. The van der Waals surface area contributed by atoms with Gasteiger partial charge in [-0.25, -0.2) is 4.98 Å². The molecule has 0 unspecified atom stereocenters. The van der Waals surface area contributed by atoms with E-state index in [0.29, 0.717) is 5.79 Å². The van der Waals surface area contributed by atoms with Crippen LogP contribution in [0, 0.1) is 0 Å². The van der Waals surface area contributed by atoms with Crippen LogP contribution in [0.3, 0.4) is 0 Å². The van der Waals surface area contributed by atoms with E-state index in [1.807, 2.05) is 24.3 Å². The maximum Gasteiger partial charge on any atom is 0.319 e. The molecule has 0 atom stereocenters. The van der Waals surface area contributed by atoms with Crippen LogP contribution in [-0.2, 0) is 0 Å². The van der Waals surface area contributed by atoms with E-state index in [-0.39, 0.29) is 0 Å². The van der Waals surface area contributed by atoms with Gasteiger partial charge >= 0.3 is 7.41 Å². The first-order valence-electron chi connectivity index (χ1n) is 3.30. The topological polar surface area (TPSA) is 52.0 Å². The molecule has 0 aliphatic rings. The molecule has 2 rings (SSSR count). The minimum absolute atomic E-state index is 0.464. The molecule has 0 saturated carbocycles. The monoisotopic (exact) mass is 145 g/mol. The second-order valence-corrected chi connectivity index (χ2v) is 2.19. The largest absolute Gasteiger partial charge is 0.450 e. The number of rotatable bonds is 1. The molecule has 3 nitrogen and oxygen atoms in total. The lowest BCUT2D eigenvalue weighted by Gasteiger charge is -1.80. The van der Waals surface area contributed by atoms with Gasteiger partial charge in [0.1, 0.15) is 5.52 Å². The fourth-order valence-corrected chi connectivity index (χ4v) is 0.961. The zero-order valence-corrected chi connectivity index (χ0v) is 5.82. The lowest BCUT2D eigenvalue weighted by atomic mass is 9.99. The minimum Gasteiger partial charge on any atom is -0.450 e. The van der Waals surface area contributed by atoms with Crippen LogP contribution in [0.1, 0.15) is 0 Å². The van der Waals surface area contributed by atoms with Crippen LogP contribution < -0.4 is 11.4 Å². The highest BCUT2D eigenvalue weighted by molar-refractivity contribution is 6.47. The summed E-state index contributed by atoms with van der Waals surface area (Å²) < 4.78 is 5.23. The first-order valence-corrected chi connectivity index (χ1v) is 3.30. The van der Waals surface area contributed by atoms with Gasteiger partial charge < -0.3 is 10.1 Å². The Balaban J connectivity index is 2.69. The maximum atomic E-state index is 5.23. The number of hydrogen-bond acceptors (Lipinski definition) is 3. The van der Waals surface area contributed by atoms with Gasteiger partial charge in [0, 0.05) is 0 Å². The van der Waals surface area contributed by atoms with Gasteiger partial charge in [0.2, 0.25) is 0 Å². The van der Waals surface area contributed by atoms with Crippen LogP contribution in [0.15, 0.2) is 28.7 Å². The quantitative estimate of drug-likeness (QED) is 0.576. The molecule has 0 aliphatic carbocycles. The first-order chi connectivity index (χ1) is 5.40. The normalized spacial score (nSPS) is 10.3. The van der Waals surface area contributed by atoms with Crippen molar-refractivity contribution in [3.63, 3.8) is 0 Å². The third-order valence-corrected chi connectivity index (χ3v) is 1.45. The number of fused-ring (bicyclic) bond motifs is 1. The number of oxazole rings is 1. The molecule has 1 aromatic heterocycles. The van der Waals surface area contributed by atoms with Crippen LogP contribution in [0.5, 0.6) is 0 Å². The molecule has 0 spiro atoms. The Morgan fingerprint density at radius 3 is 2.91 bits per heavy atom. The van der Waals surface area contributed by atoms with E-state index >= 15 is 0 Å². The summed E-state index contributed by atoms with van der Waals surface area (Å²) in [6, 6.07) is 7.54. The van der Waals surface area contributed by atoms with Crippen LogP contribution in [0.25, 0.3) is 11.1 Å². The Kier molecular flexibility index (Phi) is 1.40. The highest BCUT2D eigenvalue weighted by Crippen LogP contribution is 2.07. The van der Waals surface area contributed by atoms with E-state index in [1.54, 1.807) is 0 Å². The molecular formula is C7H6BN2O. The zero-order valence-electron chi connectivity index (χ0n) is 5.82. The fraction of sp³-hybridized carbons (Fsp3) is 0. The predicted molar refractivity (Wildman–Crippen MR) is 43.6 cm³/mol. The molecule has 2 aromatic rings. The molecule has 0 saturated heterocycles. The molecule has 1 radical (unpaired) electrons. The summed E-state index contributed by atoms with van der Waals surface area (Å²) in [5.41, 5.74) is 6.84. The van der Waals surface area contributed by atoms with Crippen molar-refractivity contribution >= 4 is 24.3 Å². The molecule has 1 aromatic carbocycles. The van der Waals surface area contributed by atoms with Gasteiger partial charge in [-0.05, 0) is 12.1 Å². The molecule has 0 fully saturated rings. The Labute approximate surface area is 64.5 Å². The summed E-state index contributed by atoms with van der Waals surface area (Å²) >= 11 is 0. The van der Waals surface area contributed by atoms with Gasteiger partial charge in [-0.3, -0.25) is 0 Å².